The summed E-state index contributed by atoms with van der Waals surface area (Å²) in [5, 5.41) is 10.7. The van der Waals surface area contributed by atoms with Gasteiger partial charge in [-0.2, -0.15) is 0 Å². The quantitative estimate of drug-likeness (QED) is 0.322. The molecule has 7 heteroatoms. The van der Waals surface area contributed by atoms with Gasteiger partial charge in [0.1, 0.15) is 11.4 Å². The van der Waals surface area contributed by atoms with Crippen molar-refractivity contribution in [1.29, 1.82) is 0 Å². The topological polar surface area (TPSA) is 77.8 Å². The minimum atomic E-state index is -1.07. The van der Waals surface area contributed by atoms with Crippen molar-refractivity contribution in [3.8, 4) is 33.8 Å². The molecule has 0 saturated heterocycles. The van der Waals surface area contributed by atoms with Crippen molar-refractivity contribution in [1.82, 2.24) is 4.57 Å². The molecule has 39 heavy (non-hydrogen) atoms. The maximum Gasteiger partial charge on any atom is 0.309 e. The Kier molecular flexibility index (Phi) is 6.70. The first kappa shape index (κ1) is 26.5. The minimum absolute atomic E-state index is 0.260. The molecule has 1 N–H and O–H groups in total. The molecule has 0 bridgehead atoms. The SMILES string of the molecule is Cc1c(-c2c(CC(=O)O)n(C)c(=O)c3cc(-c4cccc(OC(C)(C)C)c4)ccc23)cc(F)c2c1CCCO2. The fourth-order valence-corrected chi connectivity index (χ4v) is 5.41. The second kappa shape index (κ2) is 9.88. The summed E-state index contributed by atoms with van der Waals surface area (Å²) < 4.78 is 28.3. The monoisotopic (exact) mass is 529 g/mol. The average Bonchev–Trinajstić information content (AvgIpc) is 2.88. The molecule has 0 radical (unpaired) electrons. The van der Waals surface area contributed by atoms with E-state index < -0.39 is 11.8 Å². The van der Waals surface area contributed by atoms with Crippen LogP contribution in [0.1, 0.15) is 44.0 Å². The number of fused-ring (bicyclic) bond motifs is 2. The van der Waals surface area contributed by atoms with Crippen LogP contribution in [-0.2, 0) is 24.7 Å². The molecule has 0 saturated carbocycles. The minimum Gasteiger partial charge on any atom is -0.490 e. The van der Waals surface area contributed by atoms with Gasteiger partial charge in [0.2, 0.25) is 0 Å². The number of nitrogens with zero attached hydrogens (tertiary/aromatic N) is 1. The van der Waals surface area contributed by atoms with E-state index in [9.17, 15) is 14.7 Å². The van der Waals surface area contributed by atoms with Crippen molar-refractivity contribution in [3.05, 3.63) is 81.5 Å². The molecule has 0 unspecified atom stereocenters. The summed E-state index contributed by atoms with van der Waals surface area (Å²) in [6.07, 6.45) is 1.06. The zero-order valence-electron chi connectivity index (χ0n) is 22.9. The van der Waals surface area contributed by atoms with Crippen LogP contribution >= 0.6 is 0 Å². The first-order chi connectivity index (χ1) is 18.4. The van der Waals surface area contributed by atoms with Crippen molar-refractivity contribution in [3.63, 3.8) is 0 Å². The lowest BCUT2D eigenvalue weighted by atomic mass is 9.87. The molecule has 0 atom stereocenters. The molecule has 0 aliphatic carbocycles. The van der Waals surface area contributed by atoms with E-state index in [1.54, 1.807) is 7.05 Å². The molecule has 0 fully saturated rings. The summed E-state index contributed by atoms with van der Waals surface area (Å²) in [5.74, 6) is -0.581. The van der Waals surface area contributed by atoms with Crippen LogP contribution in [0.15, 0.2) is 53.3 Å². The van der Waals surface area contributed by atoms with Crippen molar-refractivity contribution in [2.45, 2.75) is 52.6 Å². The van der Waals surface area contributed by atoms with Gasteiger partial charge >= 0.3 is 5.97 Å². The Morgan fingerprint density at radius 2 is 1.85 bits per heavy atom. The van der Waals surface area contributed by atoms with Crippen LogP contribution in [0.2, 0.25) is 0 Å². The molecule has 0 spiro atoms. The predicted octanol–water partition coefficient (Wildman–Crippen LogP) is 6.45. The summed E-state index contributed by atoms with van der Waals surface area (Å²) in [4.78, 5) is 25.5. The number of carboxylic acid groups (broad SMARTS) is 1. The van der Waals surface area contributed by atoms with Crippen LogP contribution in [0.5, 0.6) is 11.5 Å². The fourth-order valence-electron chi connectivity index (χ4n) is 5.41. The maximum absolute atomic E-state index is 15.3. The van der Waals surface area contributed by atoms with Gasteiger partial charge in [0.15, 0.2) is 11.6 Å². The van der Waals surface area contributed by atoms with Crippen molar-refractivity contribution >= 4 is 16.7 Å². The number of aliphatic carboxylic acids is 1. The molecule has 202 valence electrons. The summed E-state index contributed by atoms with van der Waals surface area (Å²) in [6.45, 7) is 8.30. The van der Waals surface area contributed by atoms with Gasteiger partial charge in [0.05, 0.1) is 13.0 Å². The average molecular weight is 530 g/mol. The molecule has 1 aliphatic heterocycles. The summed E-state index contributed by atoms with van der Waals surface area (Å²) >= 11 is 0. The van der Waals surface area contributed by atoms with Crippen LogP contribution in [-0.4, -0.2) is 27.9 Å². The zero-order chi connectivity index (χ0) is 28.1. The van der Waals surface area contributed by atoms with Crippen molar-refractivity contribution in [2.24, 2.45) is 7.05 Å². The summed E-state index contributed by atoms with van der Waals surface area (Å²) in [7, 11) is 1.57. The Hall–Kier alpha value is -4.13. The lowest BCUT2D eigenvalue weighted by Gasteiger charge is -2.24. The number of halogens is 1. The third-order valence-corrected chi connectivity index (χ3v) is 7.13. The Morgan fingerprint density at radius 3 is 2.56 bits per heavy atom. The highest BCUT2D eigenvalue weighted by atomic mass is 19.1. The predicted molar refractivity (Wildman–Crippen MR) is 150 cm³/mol. The van der Waals surface area contributed by atoms with Crippen LogP contribution in [0.4, 0.5) is 4.39 Å². The molecule has 1 aliphatic rings. The molecule has 5 rings (SSSR count). The summed E-state index contributed by atoms with van der Waals surface area (Å²) in [5.41, 5.74) is 4.09. The van der Waals surface area contributed by atoms with E-state index in [1.165, 1.54) is 10.6 Å². The number of benzene rings is 3. The Morgan fingerprint density at radius 1 is 1.10 bits per heavy atom. The molecule has 6 nitrogen and oxygen atoms in total. The van der Waals surface area contributed by atoms with Gasteiger partial charge in [-0.25, -0.2) is 4.39 Å². The molecule has 1 aromatic heterocycles. The normalized spacial score (nSPS) is 13.2. The third kappa shape index (κ3) is 5.01. The van der Waals surface area contributed by atoms with E-state index in [2.05, 4.69) is 0 Å². The zero-order valence-corrected chi connectivity index (χ0v) is 22.9. The van der Waals surface area contributed by atoms with Crippen LogP contribution < -0.4 is 15.0 Å². The van der Waals surface area contributed by atoms with Crippen molar-refractivity contribution < 1.29 is 23.8 Å². The van der Waals surface area contributed by atoms with Crippen LogP contribution in [0.25, 0.3) is 33.0 Å². The summed E-state index contributed by atoms with van der Waals surface area (Å²) in [6, 6.07) is 14.6. The lowest BCUT2D eigenvalue weighted by molar-refractivity contribution is -0.136. The van der Waals surface area contributed by atoms with Gasteiger partial charge in [-0.15, -0.1) is 0 Å². The standard InChI is InChI=1S/C32H32FNO5/c1-18-22-10-7-13-38-30(22)26(33)16-24(18)29-23-12-11-20(19-8-6-9-21(14-19)39-32(2,3)4)15-25(23)31(37)34(5)27(29)17-28(35)36/h6,8-9,11-12,14-16H,7,10,13,17H2,1-5H3,(H,35,36). The number of pyridine rings is 1. The van der Waals surface area contributed by atoms with E-state index in [0.29, 0.717) is 46.4 Å². The van der Waals surface area contributed by atoms with Crippen molar-refractivity contribution in [2.75, 3.05) is 6.61 Å². The lowest BCUT2D eigenvalue weighted by Crippen LogP contribution is -2.24. The molecule has 3 aromatic carbocycles. The number of hydrogen-bond acceptors (Lipinski definition) is 4. The molecule has 2 heterocycles. The van der Waals surface area contributed by atoms with E-state index in [1.807, 2.05) is 70.2 Å². The van der Waals surface area contributed by atoms with Gasteiger partial charge in [0.25, 0.3) is 5.56 Å². The third-order valence-electron chi connectivity index (χ3n) is 7.13. The van der Waals surface area contributed by atoms with Gasteiger partial charge in [-0.1, -0.05) is 24.3 Å². The Balaban J connectivity index is 1.77. The fraction of sp³-hybridized carbons (Fsp3) is 0.312. The van der Waals surface area contributed by atoms with Gasteiger partial charge in [-0.3, -0.25) is 9.59 Å². The Bertz CT molecular complexity index is 1680. The first-order valence-corrected chi connectivity index (χ1v) is 13.1. The van der Waals surface area contributed by atoms with E-state index in [4.69, 9.17) is 9.47 Å². The number of ether oxygens (including phenoxy) is 2. The Labute approximate surface area is 226 Å². The maximum atomic E-state index is 15.3. The van der Waals surface area contributed by atoms with E-state index >= 15 is 4.39 Å². The number of carbonyl (C=O) groups is 1. The molecule has 4 aromatic rings. The van der Waals surface area contributed by atoms with Crippen LogP contribution in [0, 0.1) is 12.7 Å². The van der Waals surface area contributed by atoms with E-state index in [0.717, 1.165) is 28.7 Å². The number of rotatable bonds is 5. The van der Waals surface area contributed by atoms with Gasteiger partial charge < -0.3 is 19.1 Å². The highest BCUT2D eigenvalue weighted by Crippen LogP contribution is 2.41. The van der Waals surface area contributed by atoms with E-state index in [-0.39, 0.29) is 23.3 Å². The van der Waals surface area contributed by atoms with Gasteiger partial charge in [-0.05, 0) is 92.4 Å². The number of carboxylic acids is 1. The first-order valence-electron chi connectivity index (χ1n) is 13.1. The van der Waals surface area contributed by atoms with Crippen LogP contribution in [0.3, 0.4) is 0 Å². The second-order valence-electron chi connectivity index (χ2n) is 11.0. The smallest absolute Gasteiger partial charge is 0.309 e. The molecular formula is C32H32FNO5. The number of aromatic nitrogens is 1. The van der Waals surface area contributed by atoms with Gasteiger partial charge in [0, 0.05) is 29.3 Å². The second-order valence-corrected chi connectivity index (χ2v) is 11.0. The highest BCUT2D eigenvalue weighted by Gasteiger charge is 2.25. The highest BCUT2D eigenvalue weighted by molar-refractivity contribution is 6.01. The largest absolute Gasteiger partial charge is 0.490 e. The molecular weight excluding hydrogens is 497 g/mol. The molecule has 0 amide bonds. The number of hydrogen-bond donors (Lipinski definition) is 1.